The first-order chi connectivity index (χ1) is 9.70. The molecule has 0 saturated carbocycles. The zero-order chi connectivity index (χ0) is 13.9. The Morgan fingerprint density at radius 1 is 1.35 bits per heavy atom. The Hall–Kier alpha value is -1.76. The molecule has 1 fully saturated rings. The second kappa shape index (κ2) is 5.70. The highest BCUT2D eigenvalue weighted by Gasteiger charge is 2.23. The van der Waals surface area contributed by atoms with Crippen LogP contribution in [0.15, 0.2) is 28.7 Å². The largest absolute Gasteiger partial charge is 0.356 e. The summed E-state index contributed by atoms with van der Waals surface area (Å²) in [4.78, 5) is 11.2. The van der Waals surface area contributed by atoms with E-state index in [0.717, 1.165) is 15.9 Å². The summed E-state index contributed by atoms with van der Waals surface area (Å²) >= 11 is 3.42. The third kappa shape index (κ3) is 3.04. The molecular formula is C13H14BrN5O. The molecule has 6 nitrogen and oxygen atoms in total. The SMILES string of the molecule is O=C1C[C@H](Cn2nnnc2Cc2ccc(Br)cc2)CN1. The van der Waals surface area contributed by atoms with Crippen molar-refractivity contribution in [1.29, 1.82) is 0 Å². The van der Waals surface area contributed by atoms with Gasteiger partial charge in [0.25, 0.3) is 0 Å². The lowest BCUT2D eigenvalue weighted by Gasteiger charge is -2.08. The monoisotopic (exact) mass is 335 g/mol. The van der Waals surface area contributed by atoms with E-state index in [4.69, 9.17) is 0 Å². The number of tetrazole rings is 1. The maximum atomic E-state index is 11.2. The molecule has 2 aromatic rings. The zero-order valence-corrected chi connectivity index (χ0v) is 12.4. The lowest BCUT2D eigenvalue weighted by molar-refractivity contribution is -0.119. The Bertz CT molecular complexity index is 609. The summed E-state index contributed by atoms with van der Waals surface area (Å²) in [5, 5.41) is 14.7. The lowest BCUT2D eigenvalue weighted by atomic mass is 10.1. The van der Waals surface area contributed by atoms with Gasteiger partial charge in [-0.2, -0.15) is 0 Å². The van der Waals surface area contributed by atoms with Gasteiger partial charge in [-0.1, -0.05) is 28.1 Å². The molecule has 0 unspecified atom stereocenters. The fraction of sp³-hybridized carbons (Fsp3) is 0.385. The minimum Gasteiger partial charge on any atom is -0.356 e. The summed E-state index contributed by atoms with van der Waals surface area (Å²) in [6.07, 6.45) is 1.24. The fourth-order valence-electron chi connectivity index (χ4n) is 2.31. The molecule has 1 saturated heterocycles. The van der Waals surface area contributed by atoms with Crippen molar-refractivity contribution in [2.24, 2.45) is 5.92 Å². The molecule has 1 aromatic heterocycles. The summed E-state index contributed by atoms with van der Waals surface area (Å²) in [6, 6.07) is 8.10. The highest BCUT2D eigenvalue weighted by Crippen LogP contribution is 2.15. The van der Waals surface area contributed by atoms with E-state index in [2.05, 4.69) is 36.8 Å². The van der Waals surface area contributed by atoms with Gasteiger partial charge in [0.05, 0.1) is 0 Å². The highest BCUT2D eigenvalue weighted by molar-refractivity contribution is 9.10. The van der Waals surface area contributed by atoms with Crippen molar-refractivity contribution in [3.63, 3.8) is 0 Å². The van der Waals surface area contributed by atoms with Crippen LogP contribution in [0.4, 0.5) is 0 Å². The van der Waals surface area contributed by atoms with E-state index < -0.39 is 0 Å². The minimum atomic E-state index is 0.109. The molecule has 1 amide bonds. The van der Waals surface area contributed by atoms with Gasteiger partial charge >= 0.3 is 0 Å². The van der Waals surface area contributed by atoms with Crippen molar-refractivity contribution in [3.05, 3.63) is 40.1 Å². The number of halogens is 1. The zero-order valence-electron chi connectivity index (χ0n) is 10.8. The first-order valence-electron chi connectivity index (χ1n) is 6.47. The van der Waals surface area contributed by atoms with Crippen LogP contribution in [0, 0.1) is 5.92 Å². The third-order valence-corrected chi connectivity index (χ3v) is 3.90. The number of carbonyl (C=O) groups is 1. The second-order valence-electron chi connectivity index (χ2n) is 4.95. The Labute approximate surface area is 124 Å². The van der Waals surface area contributed by atoms with Crippen LogP contribution in [0.25, 0.3) is 0 Å². The van der Waals surface area contributed by atoms with Crippen LogP contribution in [-0.4, -0.2) is 32.7 Å². The van der Waals surface area contributed by atoms with E-state index in [9.17, 15) is 4.79 Å². The summed E-state index contributed by atoms with van der Waals surface area (Å²) in [5.74, 6) is 1.21. The van der Waals surface area contributed by atoms with Crippen LogP contribution < -0.4 is 5.32 Å². The average molecular weight is 336 g/mol. The Balaban J connectivity index is 1.70. The first-order valence-corrected chi connectivity index (χ1v) is 7.26. The van der Waals surface area contributed by atoms with Gasteiger partial charge in [0, 0.05) is 36.3 Å². The first kappa shape index (κ1) is 13.2. The maximum Gasteiger partial charge on any atom is 0.220 e. The van der Waals surface area contributed by atoms with Crippen LogP contribution >= 0.6 is 15.9 Å². The quantitative estimate of drug-likeness (QED) is 0.910. The molecule has 0 aliphatic carbocycles. The molecule has 1 atom stereocenters. The van der Waals surface area contributed by atoms with E-state index in [1.165, 1.54) is 0 Å². The Morgan fingerprint density at radius 2 is 2.15 bits per heavy atom. The van der Waals surface area contributed by atoms with Crippen molar-refractivity contribution >= 4 is 21.8 Å². The predicted octanol–water partition coefficient (Wildman–Crippen LogP) is 1.16. The molecular weight excluding hydrogens is 322 g/mol. The van der Waals surface area contributed by atoms with Crippen molar-refractivity contribution in [2.45, 2.75) is 19.4 Å². The summed E-state index contributed by atoms with van der Waals surface area (Å²) < 4.78 is 2.85. The molecule has 1 N–H and O–H groups in total. The van der Waals surface area contributed by atoms with E-state index in [-0.39, 0.29) is 11.8 Å². The molecule has 3 rings (SSSR count). The molecule has 104 valence electrons. The second-order valence-corrected chi connectivity index (χ2v) is 5.87. The van der Waals surface area contributed by atoms with E-state index >= 15 is 0 Å². The van der Waals surface area contributed by atoms with Gasteiger partial charge in [-0.05, 0) is 28.1 Å². The summed E-state index contributed by atoms with van der Waals surface area (Å²) in [6.45, 7) is 1.38. The van der Waals surface area contributed by atoms with E-state index in [1.807, 2.05) is 24.3 Å². The normalized spacial score (nSPS) is 18.2. The highest BCUT2D eigenvalue weighted by atomic mass is 79.9. The molecule has 1 aromatic carbocycles. The lowest BCUT2D eigenvalue weighted by Crippen LogP contribution is -2.18. The van der Waals surface area contributed by atoms with E-state index in [1.54, 1.807) is 4.68 Å². The van der Waals surface area contributed by atoms with Gasteiger partial charge in [-0.3, -0.25) is 4.79 Å². The van der Waals surface area contributed by atoms with Gasteiger partial charge in [-0.25, -0.2) is 4.68 Å². The molecule has 1 aliphatic heterocycles. The molecule has 0 radical (unpaired) electrons. The number of aromatic nitrogens is 4. The Morgan fingerprint density at radius 3 is 2.85 bits per heavy atom. The van der Waals surface area contributed by atoms with Gasteiger partial charge in [0.1, 0.15) is 0 Å². The molecule has 2 heterocycles. The van der Waals surface area contributed by atoms with Crippen molar-refractivity contribution < 1.29 is 4.79 Å². The van der Waals surface area contributed by atoms with Crippen LogP contribution in [-0.2, 0) is 17.8 Å². The van der Waals surface area contributed by atoms with Gasteiger partial charge in [0.2, 0.25) is 5.91 Å². The third-order valence-electron chi connectivity index (χ3n) is 3.37. The maximum absolute atomic E-state index is 11.2. The minimum absolute atomic E-state index is 0.109. The molecule has 0 bridgehead atoms. The number of amides is 1. The van der Waals surface area contributed by atoms with Gasteiger partial charge < -0.3 is 5.32 Å². The van der Waals surface area contributed by atoms with Crippen LogP contribution in [0.2, 0.25) is 0 Å². The molecule has 20 heavy (non-hydrogen) atoms. The molecule has 1 aliphatic rings. The molecule has 0 spiro atoms. The molecule has 7 heteroatoms. The standard InChI is InChI=1S/C13H14BrN5O/c14-11-3-1-9(2-4-11)5-12-16-17-18-19(12)8-10-6-13(20)15-7-10/h1-4,10H,5-8H2,(H,15,20)/t10-/m0/s1. The van der Waals surface area contributed by atoms with Gasteiger partial charge in [0.15, 0.2) is 5.82 Å². The van der Waals surface area contributed by atoms with Crippen LogP contribution in [0.5, 0.6) is 0 Å². The summed E-state index contributed by atoms with van der Waals surface area (Å²) in [7, 11) is 0. The number of hydrogen-bond acceptors (Lipinski definition) is 4. The Kier molecular flexibility index (Phi) is 3.77. The topological polar surface area (TPSA) is 72.7 Å². The number of benzene rings is 1. The van der Waals surface area contributed by atoms with Crippen LogP contribution in [0.1, 0.15) is 17.8 Å². The van der Waals surface area contributed by atoms with Crippen LogP contribution in [0.3, 0.4) is 0 Å². The fourth-order valence-corrected chi connectivity index (χ4v) is 2.58. The summed E-state index contributed by atoms with van der Waals surface area (Å²) in [5.41, 5.74) is 1.16. The predicted molar refractivity (Wildman–Crippen MR) is 75.9 cm³/mol. The van der Waals surface area contributed by atoms with Crippen molar-refractivity contribution in [3.8, 4) is 0 Å². The number of nitrogens with zero attached hydrogens (tertiary/aromatic N) is 4. The van der Waals surface area contributed by atoms with Gasteiger partial charge in [-0.15, -0.1) is 5.10 Å². The van der Waals surface area contributed by atoms with Crippen molar-refractivity contribution in [2.75, 3.05) is 6.54 Å². The number of rotatable bonds is 4. The van der Waals surface area contributed by atoms with Crippen molar-refractivity contribution in [1.82, 2.24) is 25.5 Å². The number of hydrogen-bond donors (Lipinski definition) is 1. The average Bonchev–Trinajstić information content (AvgIpc) is 3.03. The number of nitrogens with one attached hydrogen (secondary N) is 1. The van der Waals surface area contributed by atoms with E-state index in [0.29, 0.717) is 25.9 Å². The number of carbonyl (C=O) groups excluding carboxylic acids is 1. The smallest absolute Gasteiger partial charge is 0.220 e.